The third-order valence-electron chi connectivity index (χ3n) is 7.41. The molecule has 3 aromatic carbocycles. The third kappa shape index (κ3) is 22.6. The zero-order chi connectivity index (χ0) is 36.0. The van der Waals surface area contributed by atoms with Crippen molar-refractivity contribution in [3.63, 3.8) is 0 Å². The maximum atomic E-state index is 9.06. The molecule has 0 spiro atoms. The molecule has 1 N–H and O–H groups in total. The van der Waals surface area contributed by atoms with E-state index in [2.05, 4.69) is 111 Å². The second-order valence-corrected chi connectivity index (χ2v) is 11.8. The van der Waals surface area contributed by atoms with Gasteiger partial charge in [-0.05, 0) is 104 Å². The topological polar surface area (TPSA) is 32.7 Å². The van der Waals surface area contributed by atoms with Crippen LogP contribution in [0.25, 0.3) is 22.9 Å². The summed E-state index contributed by atoms with van der Waals surface area (Å²) >= 11 is 0. The Bertz CT molecular complexity index is 1340. The Kier molecular flexibility index (Phi) is 27.0. The zero-order valence-corrected chi connectivity index (χ0v) is 31.0. The second kappa shape index (κ2) is 29.3. The van der Waals surface area contributed by atoms with Gasteiger partial charge in [-0.25, -0.2) is 0 Å². The molecule has 1 aliphatic rings. The summed E-state index contributed by atoms with van der Waals surface area (Å²) < 4.78 is 5.34. The van der Waals surface area contributed by atoms with Gasteiger partial charge in [0.05, 0.1) is 12.7 Å². The lowest BCUT2D eigenvalue weighted by Crippen LogP contribution is -2.11. The normalized spacial score (nSPS) is 11.3. The lowest BCUT2D eigenvalue weighted by molar-refractivity contribution is 0.0445. The molecule has 1 aliphatic carbocycles. The molecule has 48 heavy (non-hydrogen) atoms. The SMILES string of the molecule is C#CC.C=C1CC1.C=CN(C)CCCCCc1ccc2ccccc2c1.C=Cc1ccc(CCCCCOCC(C)O)cc1C=C.CC. The highest BCUT2D eigenvalue weighted by Crippen LogP contribution is 2.24. The van der Waals surface area contributed by atoms with E-state index in [0.717, 1.165) is 50.0 Å². The van der Waals surface area contributed by atoms with Gasteiger partial charge in [-0.2, -0.15) is 0 Å². The molecule has 3 aromatic rings. The molecular weight excluding hydrogens is 587 g/mol. The fourth-order valence-corrected chi connectivity index (χ4v) is 4.55. The van der Waals surface area contributed by atoms with Crippen LogP contribution in [-0.2, 0) is 17.6 Å². The van der Waals surface area contributed by atoms with E-state index in [9.17, 15) is 0 Å². The minimum absolute atomic E-state index is 0.365. The van der Waals surface area contributed by atoms with Gasteiger partial charge >= 0.3 is 0 Å². The first kappa shape index (κ1) is 44.2. The molecular formula is C45H65NO2. The average Bonchev–Trinajstić information content (AvgIpc) is 3.90. The molecule has 0 aromatic heterocycles. The van der Waals surface area contributed by atoms with Gasteiger partial charge in [0.2, 0.25) is 0 Å². The summed E-state index contributed by atoms with van der Waals surface area (Å²) in [5.41, 5.74) is 6.50. The summed E-state index contributed by atoms with van der Waals surface area (Å²) in [4.78, 5) is 2.15. The van der Waals surface area contributed by atoms with Gasteiger partial charge in [-0.1, -0.05) is 131 Å². The quantitative estimate of drug-likeness (QED) is 0.0895. The summed E-state index contributed by atoms with van der Waals surface area (Å²) in [6.07, 6.45) is 21.9. The predicted molar refractivity (Wildman–Crippen MR) is 215 cm³/mol. The smallest absolute Gasteiger partial charge is 0.0745 e. The summed E-state index contributed by atoms with van der Waals surface area (Å²) in [6, 6.07) is 21.8. The fourth-order valence-electron chi connectivity index (χ4n) is 4.55. The third-order valence-corrected chi connectivity index (χ3v) is 7.41. The first-order valence-corrected chi connectivity index (χ1v) is 17.8. The van der Waals surface area contributed by atoms with Crippen LogP contribution in [-0.4, -0.2) is 42.9 Å². The number of hydrogen-bond donors (Lipinski definition) is 1. The highest BCUT2D eigenvalue weighted by atomic mass is 16.5. The zero-order valence-electron chi connectivity index (χ0n) is 31.0. The monoisotopic (exact) mass is 652 g/mol. The lowest BCUT2D eigenvalue weighted by atomic mass is 10.0. The Hall–Kier alpha value is -3.84. The van der Waals surface area contributed by atoms with Crippen molar-refractivity contribution in [2.75, 3.05) is 26.8 Å². The Morgan fingerprint density at radius 2 is 1.38 bits per heavy atom. The summed E-state index contributed by atoms with van der Waals surface area (Å²) in [6.45, 7) is 24.8. The van der Waals surface area contributed by atoms with E-state index in [1.165, 1.54) is 66.0 Å². The highest BCUT2D eigenvalue weighted by Gasteiger charge is 2.04. The van der Waals surface area contributed by atoms with Crippen molar-refractivity contribution in [3.05, 3.63) is 121 Å². The van der Waals surface area contributed by atoms with Crippen molar-refractivity contribution in [2.45, 2.75) is 98.0 Å². The number of fused-ring (bicyclic) bond motifs is 1. The van der Waals surface area contributed by atoms with Gasteiger partial charge in [0.25, 0.3) is 0 Å². The van der Waals surface area contributed by atoms with Gasteiger partial charge < -0.3 is 14.7 Å². The average molecular weight is 652 g/mol. The van der Waals surface area contributed by atoms with Gasteiger partial charge in [0.1, 0.15) is 0 Å². The number of nitrogens with zero attached hydrogens (tertiary/aromatic N) is 1. The fraction of sp³-hybridized carbons (Fsp3) is 0.422. The molecule has 0 bridgehead atoms. The molecule has 0 aliphatic heterocycles. The van der Waals surface area contributed by atoms with Crippen LogP contribution in [0.15, 0.2) is 98.8 Å². The first-order valence-electron chi connectivity index (χ1n) is 17.8. The molecule has 1 unspecified atom stereocenters. The summed E-state index contributed by atoms with van der Waals surface area (Å²) in [5.74, 6) is 2.25. The van der Waals surface area contributed by atoms with Crippen LogP contribution < -0.4 is 0 Å². The number of hydrogen-bond acceptors (Lipinski definition) is 3. The van der Waals surface area contributed by atoms with Crippen molar-refractivity contribution in [2.24, 2.45) is 0 Å². The molecule has 0 heterocycles. The van der Waals surface area contributed by atoms with Crippen LogP contribution in [0.4, 0.5) is 0 Å². The Labute approximate surface area is 295 Å². The first-order chi connectivity index (χ1) is 23.3. The minimum Gasteiger partial charge on any atom is -0.391 e. The van der Waals surface area contributed by atoms with Crippen molar-refractivity contribution in [1.29, 1.82) is 0 Å². The number of terminal acetylenes is 1. The van der Waals surface area contributed by atoms with Crippen LogP contribution >= 0.6 is 0 Å². The number of aliphatic hydroxyl groups excluding tert-OH is 1. The van der Waals surface area contributed by atoms with E-state index in [1.54, 1.807) is 13.8 Å². The van der Waals surface area contributed by atoms with Crippen molar-refractivity contribution in [1.82, 2.24) is 4.90 Å². The highest BCUT2D eigenvalue weighted by molar-refractivity contribution is 5.83. The Morgan fingerprint density at radius 3 is 1.92 bits per heavy atom. The molecule has 3 nitrogen and oxygen atoms in total. The van der Waals surface area contributed by atoms with E-state index < -0.39 is 0 Å². The number of allylic oxidation sites excluding steroid dienone is 1. The second-order valence-electron chi connectivity index (χ2n) is 11.8. The van der Waals surface area contributed by atoms with E-state index in [-0.39, 0.29) is 6.10 Å². The molecule has 4 rings (SSSR count). The summed E-state index contributed by atoms with van der Waals surface area (Å²) in [7, 11) is 2.08. The van der Waals surface area contributed by atoms with Crippen LogP contribution in [0.2, 0.25) is 0 Å². The molecule has 0 saturated heterocycles. The number of rotatable bonds is 17. The largest absolute Gasteiger partial charge is 0.391 e. The molecule has 1 fully saturated rings. The number of benzene rings is 3. The Balaban J connectivity index is 0.000000734. The minimum atomic E-state index is -0.365. The van der Waals surface area contributed by atoms with Crippen molar-refractivity contribution in [3.8, 4) is 12.3 Å². The van der Waals surface area contributed by atoms with Crippen LogP contribution in [0.5, 0.6) is 0 Å². The standard InChI is InChI=1S/C18H23N.C18H26O2.C4H6.C3H4.C2H6/c1-3-19(2)14-8-4-5-9-16-12-13-17-10-6-7-11-18(17)15-16;1-4-17-11-10-16(13-18(17)5-2)9-7-6-8-12-20-14-15(3)19;1-4-2-3-4;1-3-2;1-2/h3,6-7,10-13,15H,1,4-5,8-9,14H2,2H3;4-5,10-11,13,15,19H,1-2,6-9,12,14H2,3H3;1-3H2;1H,2H3;1-2H3. The van der Waals surface area contributed by atoms with Crippen LogP contribution in [0.1, 0.15) is 101 Å². The van der Waals surface area contributed by atoms with Crippen molar-refractivity contribution >= 4 is 22.9 Å². The van der Waals surface area contributed by atoms with Crippen LogP contribution in [0, 0.1) is 12.3 Å². The van der Waals surface area contributed by atoms with Crippen LogP contribution in [0.3, 0.4) is 0 Å². The van der Waals surface area contributed by atoms with E-state index >= 15 is 0 Å². The molecule has 0 amide bonds. The molecule has 1 atom stereocenters. The molecule has 0 radical (unpaired) electrons. The number of aryl methyl sites for hydroxylation is 2. The van der Waals surface area contributed by atoms with Gasteiger partial charge in [0, 0.05) is 20.2 Å². The van der Waals surface area contributed by atoms with E-state index in [1.807, 2.05) is 32.2 Å². The molecule has 1 saturated carbocycles. The van der Waals surface area contributed by atoms with Gasteiger partial charge in [-0.15, -0.1) is 12.3 Å². The predicted octanol–water partition coefficient (Wildman–Crippen LogP) is 11.7. The maximum Gasteiger partial charge on any atom is 0.0745 e. The lowest BCUT2D eigenvalue weighted by Gasteiger charge is -2.12. The number of ether oxygens (including phenoxy) is 1. The number of unbranched alkanes of at least 4 members (excludes halogenated alkanes) is 4. The molecule has 3 heteroatoms. The van der Waals surface area contributed by atoms with E-state index in [4.69, 9.17) is 9.84 Å². The van der Waals surface area contributed by atoms with E-state index in [0.29, 0.717) is 6.61 Å². The summed E-state index contributed by atoms with van der Waals surface area (Å²) in [5, 5.41) is 11.7. The van der Waals surface area contributed by atoms with Gasteiger partial charge in [0.15, 0.2) is 0 Å². The van der Waals surface area contributed by atoms with Crippen molar-refractivity contribution < 1.29 is 9.84 Å². The molecule has 262 valence electrons. The van der Waals surface area contributed by atoms with Gasteiger partial charge in [-0.3, -0.25) is 0 Å². The maximum absolute atomic E-state index is 9.06. The Morgan fingerprint density at radius 1 is 0.833 bits per heavy atom. The number of aliphatic hydroxyl groups is 1.